The second-order valence-corrected chi connectivity index (χ2v) is 5.59. The largest absolute Gasteiger partial charge is 0.367 e. The van der Waals surface area contributed by atoms with Crippen LogP contribution in [0.1, 0.15) is 44.3 Å². The van der Waals surface area contributed by atoms with Crippen LogP contribution in [0.15, 0.2) is 4.52 Å². The molecule has 18 heavy (non-hydrogen) atoms. The van der Waals surface area contributed by atoms with Crippen LogP contribution < -0.4 is 5.32 Å². The number of ether oxygens (including phenoxy) is 1. The summed E-state index contributed by atoms with van der Waals surface area (Å²) >= 11 is 0. The van der Waals surface area contributed by atoms with Crippen molar-refractivity contribution in [1.29, 1.82) is 0 Å². The highest BCUT2D eigenvalue weighted by Crippen LogP contribution is 2.33. The zero-order valence-corrected chi connectivity index (χ0v) is 10.9. The maximum Gasteiger partial charge on any atom is 0.227 e. The van der Waals surface area contributed by atoms with Crippen molar-refractivity contribution in [3.8, 4) is 0 Å². The van der Waals surface area contributed by atoms with Gasteiger partial charge in [0.25, 0.3) is 0 Å². The van der Waals surface area contributed by atoms with Crippen LogP contribution in [0.25, 0.3) is 0 Å². The number of piperidine rings is 1. The van der Waals surface area contributed by atoms with Crippen LogP contribution in [-0.4, -0.2) is 29.8 Å². The molecule has 5 nitrogen and oxygen atoms in total. The van der Waals surface area contributed by atoms with Gasteiger partial charge in [0, 0.05) is 13.0 Å². The highest BCUT2D eigenvalue weighted by Gasteiger charge is 2.36. The summed E-state index contributed by atoms with van der Waals surface area (Å²) in [6.07, 6.45) is 5.37. The van der Waals surface area contributed by atoms with Crippen molar-refractivity contribution >= 4 is 0 Å². The van der Waals surface area contributed by atoms with Crippen LogP contribution >= 0.6 is 0 Å². The highest BCUT2D eigenvalue weighted by atomic mass is 16.5. The maximum absolute atomic E-state index is 5.73. The molecular weight excluding hydrogens is 230 g/mol. The van der Waals surface area contributed by atoms with Crippen molar-refractivity contribution in [3.63, 3.8) is 0 Å². The Kier molecular flexibility index (Phi) is 3.35. The number of nitrogens with one attached hydrogen (secondary N) is 1. The molecule has 100 valence electrons. The van der Waals surface area contributed by atoms with E-state index in [4.69, 9.17) is 9.26 Å². The molecule has 0 aliphatic carbocycles. The third kappa shape index (κ3) is 2.42. The monoisotopic (exact) mass is 251 g/mol. The van der Waals surface area contributed by atoms with E-state index in [2.05, 4.69) is 22.4 Å². The first-order valence-corrected chi connectivity index (χ1v) is 6.94. The zero-order valence-electron chi connectivity index (χ0n) is 10.9. The molecule has 0 radical (unpaired) electrons. The summed E-state index contributed by atoms with van der Waals surface area (Å²) in [7, 11) is 0. The van der Waals surface area contributed by atoms with E-state index in [0.29, 0.717) is 5.92 Å². The molecular formula is C13H21N3O2. The van der Waals surface area contributed by atoms with Crippen molar-refractivity contribution in [1.82, 2.24) is 15.5 Å². The molecule has 2 fully saturated rings. The number of hydrogen-bond donors (Lipinski definition) is 1. The van der Waals surface area contributed by atoms with Crippen molar-refractivity contribution in [2.45, 2.75) is 44.6 Å². The van der Waals surface area contributed by atoms with Gasteiger partial charge in [-0.15, -0.1) is 0 Å². The van der Waals surface area contributed by atoms with E-state index in [9.17, 15) is 0 Å². The van der Waals surface area contributed by atoms with E-state index < -0.39 is 0 Å². The Labute approximate surface area is 107 Å². The Morgan fingerprint density at radius 3 is 2.94 bits per heavy atom. The van der Waals surface area contributed by atoms with Gasteiger partial charge in [-0.3, -0.25) is 0 Å². The first kappa shape index (κ1) is 12.1. The molecule has 0 amide bonds. The molecule has 0 saturated carbocycles. The molecule has 3 heterocycles. The van der Waals surface area contributed by atoms with Crippen molar-refractivity contribution in [3.05, 3.63) is 11.7 Å². The maximum atomic E-state index is 5.73. The highest BCUT2D eigenvalue weighted by molar-refractivity contribution is 5.02. The van der Waals surface area contributed by atoms with Crippen molar-refractivity contribution < 1.29 is 9.26 Å². The molecule has 1 N–H and O–H groups in total. The summed E-state index contributed by atoms with van der Waals surface area (Å²) in [5.74, 6) is 2.18. The summed E-state index contributed by atoms with van der Waals surface area (Å²) in [4.78, 5) is 4.53. The lowest BCUT2D eigenvalue weighted by molar-refractivity contribution is 0.00768. The van der Waals surface area contributed by atoms with Gasteiger partial charge in [-0.2, -0.15) is 4.98 Å². The van der Waals surface area contributed by atoms with E-state index >= 15 is 0 Å². The van der Waals surface area contributed by atoms with Crippen LogP contribution in [-0.2, 0) is 16.8 Å². The number of nitrogens with zero attached hydrogens (tertiary/aromatic N) is 2. The summed E-state index contributed by atoms with van der Waals surface area (Å²) < 4.78 is 11.1. The molecule has 1 aromatic rings. The first-order valence-electron chi connectivity index (χ1n) is 6.94. The second kappa shape index (κ2) is 4.97. The van der Waals surface area contributed by atoms with Gasteiger partial charge in [0.05, 0.1) is 0 Å². The SMILES string of the molecule is CC1(c2noc(CC3CCNCC3)n2)CCCO1. The van der Waals surface area contributed by atoms with Gasteiger partial charge in [0.15, 0.2) is 0 Å². The lowest BCUT2D eigenvalue weighted by Gasteiger charge is -2.20. The van der Waals surface area contributed by atoms with Gasteiger partial charge in [-0.05, 0) is 51.6 Å². The molecule has 5 heteroatoms. The van der Waals surface area contributed by atoms with Gasteiger partial charge in [0.2, 0.25) is 11.7 Å². The molecule has 0 spiro atoms. The molecule has 2 saturated heterocycles. The fourth-order valence-corrected chi connectivity index (χ4v) is 2.84. The molecule has 1 unspecified atom stereocenters. The lowest BCUT2D eigenvalue weighted by Crippen LogP contribution is -2.28. The molecule has 2 aliphatic rings. The van der Waals surface area contributed by atoms with Crippen LogP contribution in [0.3, 0.4) is 0 Å². The standard InChI is InChI=1S/C13H21N3O2/c1-13(5-2-8-17-13)12-15-11(18-16-12)9-10-3-6-14-7-4-10/h10,14H,2-9H2,1H3. The lowest BCUT2D eigenvalue weighted by atomic mass is 9.95. The predicted octanol–water partition coefficient (Wildman–Crippen LogP) is 1.64. The van der Waals surface area contributed by atoms with E-state index in [0.717, 1.165) is 50.7 Å². The number of rotatable bonds is 3. The minimum atomic E-state index is -0.324. The average molecular weight is 251 g/mol. The minimum absolute atomic E-state index is 0.324. The van der Waals surface area contributed by atoms with Crippen LogP contribution in [0, 0.1) is 5.92 Å². The predicted molar refractivity (Wildman–Crippen MR) is 66.1 cm³/mol. The van der Waals surface area contributed by atoms with Crippen LogP contribution in [0.5, 0.6) is 0 Å². The molecule has 3 rings (SSSR count). The topological polar surface area (TPSA) is 60.2 Å². The summed E-state index contributed by atoms with van der Waals surface area (Å²) in [6.45, 7) is 5.06. The molecule has 2 aliphatic heterocycles. The van der Waals surface area contributed by atoms with Gasteiger partial charge in [-0.1, -0.05) is 5.16 Å². The smallest absolute Gasteiger partial charge is 0.227 e. The Morgan fingerprint density at radius 1 is 1.39 bits per heavy atom. The summed E-state index contributed by atoms with van der Waals surface area (Å²) in [5, 5.41) is 7.48. The summed E-state index contributed by atoms with van der Waals surface area (Å²) in [6, 6.07) is 0. The Balaban J connectivity index is 1.65. The van der Waals surface area contributed by atoms with Gasteiger partial charge >= 0.3 is 0 Å². The molecule has 0 bridgehead atoms. The number of hydrogen-bond acceptors (Lipinski definition) is 5. The van der Waals surface area contributed by atoms with Gasteiger partial charge in [0.1, 0.15) is 5.60 Å². The average Bonchev–Trinajstić information content (AvgIpc) is 3.01. The molecule has 1 atom stereocenters. The number of aromatic nitrogens is 2. The van der Waals surface area contributed by atoms with E-state index in [1.165, 1.54) is 12.8 Å². The Hall–Kier alpha value is -0.940. The first-order chi connectivity index (χ1) is 8.76. The van der Waals surface area contributed by atoms with Crippen molar-refractivity contribution in [2.24, 2.45) is 5.92 Å². The third-order valence-corrected chi connectivity index (χ3v) is 4.08. The fraction of sp³-hybridized carbons (Fsp3) is 0.846. The quantitative estimate of drug-likeness (QED) is 0.885. The third-order valence-electron chi connectivity index (χ3n) is 4.08. The van der Waals surface area contributed by atoms with Crippen LogP contribution in [0.4, 0.5) is 0 Å². The van der Waals surface area contributed by atoms with Gasteiger partial charge in [-0.25, -0.2) is 0 Å². The van der Waals surface area contributed by atoms with Crippen molar-refractivity contribution in [2.75, 3.05) is 19.7 Å². The molecule has 1 aromatic heterocycles. The van der Waals surface area contributed by atoms with E-state index in [1.807, 2.05) is 0 Å². The Morgan fingerprint density at radius 2 is 2.22 bits per heavy atom. The second-order valence-electron chi connectivity index (χ2n) is 5.59. The minimum Gasteiger partial charge on any atom is -0.367 e. The van der Waals surface area contributed by atoms with Gasteiger partial charge < -0.3 is 14.6 Å². The van der Waals surface area contributed by atoms with Crippen LogP contribution in [0.2, 0.25) is 0 Å². The van der Waals surface area contributed by atoms with E-state index in [-0.39, 0.29) is 5.60 Å². The molecule has 0 aromatic carbocycles. The zero-order chi connectivity index (χ0) is 12.4. The normalized spacial score (nSPS) is 29.8. The van der Waals surface area contributed by atoms with E-state index in [1.54, 1.807) is 0 Å². The summed E-state index contributed by atoms with van der Waals surface area (Å²) in [5.41, 5.74) is -0.324. The fourth-order valence-electron chi connectivity index (χ4n) is 2.84. The Bertz CT molecular complexity index is 393.